The number of nitrogens with one attached hydrogen (secondary N) is 2. The third kappa shape index (κ3) is 15.3. The highest BCUT2D eigenvalue weighted by Gasteiger charge is 2.53. The Morgan fingerprint density at radius 1 is 0.634 bits per heavy atom. The van der Waals surface area contributed by atoms with Crippen LogP contribution in [0.4, 0.5) is 11.4 Å². The number of hydroxylamine groups is 2. The molecule has 26 nitrogen and oxygen atoms in total. The second-order valence-corrected chi connectivity index (χ2v) is 29.3. The van der Waals surface area contributed by atoms with E-state index in [-0.39, 0.29) is 75.7 Å². The molecule has 3 heterocycles. The van der Waals surface area contributed by atoms with E-state index in [9.17, 15) is 88.8 Å². The Kier molecular flexibility index (Phi) is 19.4. The van der Waals surface area contributed by atoms with Crippen molar-refractivity contribution in [2.45, 2.75) is 125 Å². The Labute approximate surface area is 476 Å². The number of benzene rings is 2. The fourth-order valence-corrected chi connectivity index (χ4v) is 13.1. The molecule has 0 radical (unpaired) electrons. The van der Waals surface area contributed by atoms with Crippen molar-refractivity contribution in [2.24, 2.45) is 5.41 Å². The molecule has 2 atom stereocenters. The first kappa shape index (κ1) is 65.3. The number of carbonyl (C=O) groups is 5. The predicted octanol–water partition coefficient (Wildman–Crippen LogP) is 3.75. The molecular weight excluding hydrogens is 1180 g/mol. The van der Waals surface area contributed by atoms with Gasteiger partial charge in [0.1, 0.15) is 5.41 Å². The number of unbranched alkanes of at least 4 members (excludes halogenated alkanes) is 2. The van der Waals surface area contributed by atoms with Crippen molar-refractivity contribution in [3.05, 3.63) is 94.7 Å². The Morgan fingerprint density at radius 3 is 1.73 bits per heavy atom. The lowest BCUT2D eigenvalue weighted by Crippen LogP contribution is -2.53. The number of amides is 4. The highest BCUT2D eigenvalue weighted by atomic mass is 32.2. The van der Waals surface area contributed by atoms with E-state index in [2.05, 4.69) is 10.6 Å². The van der Waals surface area contributed by atoms with Crippen LogP contribution in [0.5, 0.6) is 0 Å². The minimum absolute atomic E-state index is 0.0355. The van der Waals surface area contributed by atoms with E-state index >= 15 is 0 Å². The van der Waals surface area contributed by atoms with Crippen LogP contribution in [0.1, 0.15) is 110 Å². The van der Waals surface area contributed by atoms with E-state index in [1.807, 2.05) is 0 Å². The van der Waals surface area contributed by atoms with E-state index in [0.717, 1.165) is 6.07 Å². The van der Waals surface area contributed by atoms with Crippen LogP contribution < -0.4 is 20.4 Å². The van der Waals surface area contributed by atoms with Crippen molar-refractivity contribution >= 4 is 91.6 Å². The number of fused-ring (bicyclic) bond motifs is 2. The average Bonchev–Trinajstić information content (AvgIpc) is 3.59. The molecule has 0 aromatic heterocycles. The van der Waals surface area contributed by atoms with Crippen LogP contribution in [0, 0.1) is 5.41 Å². The maximum absolute atomic E-state index is 15.0. The number of hydrogen-bond donors (Lipinski definition) is 7. The lowest BCUT2D eigenvalue weighted by atomic mass is 9.68. The van der Waals surface area contributed by atoms with Crippen molar-refractivity contribution < 1.29 is 93.7 Å². The van der Waals surface area contributed by atoms with Gasteiger partial charge in [-0.05, 0) is 110 Å². The van der Waals surface area contributed by atoms with Gasteiger partial charge in [0.05, 0.1) is 32.6 Å². The molecule has 7 N–H and O–H groups in total. The fourth-order valence-electron chi connectivity index (χ4n) is 10.7. The monoisotopic (exact) mass is 1250 g/mol. The van der Waals surface area contributed by atoms with Crippen molar-refractivity contribution in [3.63, 3.8) is 0 Å². The largest absolute Gasteiger partial charge is 0.362 e. The molecular formula is C51H67N5O21S5. The van der Waals surface area contributed by atoms with E-state index in [1.54, 1.807) is 74.8 Å². The lowest BCUT2D eigenvalue weighted by Gasteiger charge is -2.44. The molecule has 82 heavy (non-hydrogen) atoms. The van der Waals surface area contributed by atoms with Gasteiger partial charge in [0.2, 0.25) is 11.8 Å². The summed E-state index contributed by atoms with van der Waals surface area (Å²) in [6.07, 6.45) is 7.38. The third-order valence-electron chi connectivity index (χ3n) is 15.3. The smallest absolute Gasteiger partial charge is 0.333 e. The minimum Gasteiger partial charge on any atom is -0.362 e. The molecule has 6 rings (SSSR count). The molecule has 2 unspecified atom stereocenters. The van der Waals surface area contributed by atoms with Gasteiger partial charge in [-0.3, -0.25) is 41.9 Å². The number of carbonyl (C=O) groups excluding carboxylic acids is 5. The number of allylic oxidation sites excluding steroid dienone is 7. The summed E-state index contributed by atoms with van der Waals surface area (Å²) in [7, 11) is -23.0. The standard InChI is InChI=1S/C51H67N5O21S5/c1-48(2)38-30-36(81(71,72)73)13-15-40(38)54(24-9-26-78(62,63)64)42(48)17-12-34-29-35(20-21-50(5)49(3,4)39-31-37(82(74,75)76)14-16-41(39)55(50)25-10-27-79(65,66)67)33-51(32-34,47(61)53-23-28-80(68,69)70)46(60)52-22-8-6-7-11-45(59)77-56-43(57)18-19-44(56)58/h12-17,20-21,29-31H,6-11,18-19,22-28,32-33H2,1-5H3,(H,52,60)(H,53,61)(H,62,63,64)(H,65,66,67)(H,68,69,70)(H,71,72,73)(H,74,75,76)/b21-20+,34-12-,42-17+. The van der Waals surface area contributed by atoms with Crippen LogP contribution in [0.3, 0.4) is 0 Å². The SMILES string of the molecule is CC1(C)/C(=C\C=C2C=C(/C=C/C3(C)N(CCCS(=O)(=O)O)c4ccc(S(=O)(=O)O)cc4C3(C)C)CC(C(=O)NCCCCCC(=O)ON3C(=O)CCC3=O)(C(=O)NCCS(=O)(=O)O)C\2)N(CCCS(=O)(=O)O)c2ccc(S(=O)(=O)O)cc21. The zero-order valence-electron chi connectivity index (χ0n) is 45.5. The predicted molar refractivity (Wildman–Crippen MR) is 297 cm³/mol. The molecule has 4 aliphatic rings. The molecule has 2 aromatic rings. The summed E-state index contributed by atoms with van der Waals surface area (Å²) >= 11 is 0. The molecule has 1 fully saturated rings. The van der Waals surface area contributed by atoms with Gasteiger partial charge >= 0.3 is 5.97 Å². The Bertz CT molecular complexity index is 3610. The van der Waals surface area contributed by atoms with Crippen LogP contribution in [-0.4, -0.2) is 148 Å². The zero-order valence-corrected chi connectivity index (χ0v) is 49.6. The number of anilines is 2. The number of nitrogens with zero attached hydrogens (tertiary/aromatic N) is 3. The third-order valence-corrected chi connectivity index (χ3v) is 19.3. The summed E-state index contributed by atoms with van der Waals surface area (Å²) in [5.41, 5.74) is -2.94. The lowest BCUT2D eigenvalue weighted by molar-refractivity contribution is -0.197. The molecule has 0 saturated carbocycles. The quantitative estimate of drug-likeness (QED) is 0.0322. The molecule has 3 aliphatic heterocycles. The van der Waals surface area contributed by atoms with E-state index in [0.29, 0.717) is 39.7 Å². The molecule has 0 bridgehead atoms. The number of imide groups is 1. The number of hydrogen-bond acceptors (Lipinski definition) is 18. The maximum Gasteiger partial charge on any atom is 0.333 e. The van der Waals surface area contributed by atoms with Gasteiger partial charge in [-0.25, -0.2) is 4.79 Å². The highest BCUT2D eigenvalue weighted by Crippen LogP contribution is 2.54. The first-order valence-electron chi connectivity index (χ1n) is 25.8. The second-order valence-electron chi connectivity index (χ2n) is 21.7. The first-order chi connectivity index (χ1) is 37.7. The van der Waals surface area contributed by atoms with Gasteiger partial charge in [-0.2, -0.15) is 42.1 Å². The summed E-state index contributed by atoms with van der Waals surface area (Å²) < 4.78 is 170. The summed E-state index contributed by atoms with van der Waals surface area (Å²) in [6, 6.07) is 7.72. The van der Waals surface area contributed by atoms with Crippen LogP contribution in [0.2, 0.25) is 0 Å². The first-order valence-corrected chi connectivity index (χ1v) is 33.5. The van der Waals surface area contributed by atoms with Crippen LogP contribution in [0.25, 0.3) is 0 Å². The highest BCUT2D eigenvalue weighted by molar-refractivity contribution is 7.86. The maximum atomic E-state index is 15.0. The summed E-state index contributed by atoms with van der Waals surface area (Å²) in [6.45, 7) is 7.90. The molecule has 4 amide bonds. The minimum atomic E-state index is -4.73. The van der Waals surface area contributed by atoms with Crippen molar-refractivity contribution in [2.75, 3.05) is 53.2 Å². The van der Waals surface area contributed by atoms with Gasteiger partial charge in [0.25, 0.3) is 62.4 Å². The fraction of sp³-hybridized carbons (Fsp3) is 0.510. The Morgan fingerprint density at radius 2 is 1.17 bits per heavy atom. The van der Waals surface area contributed by atoms with Crippen molar-refractivity contribution in [3.8, 4) is 0 Å². The van der Waals surface area contributed by atoms with Gasteiger partial charge < -0.3 is 25.3 Å². The van der Waals surface area contributed by atoms with E-state index < -0.39 is 148 Å². The van der Waals surface area contributed by atoms with Crippen molar-refractivity contribution in [1.29, 1.82) is 0 Å². The molecule has 452 valence electrons. The Hall–Kier alpha value is -5.90. The van der Waals surface area contributed by atoms with Gasteiger partial charge in [-0.15, -0.1) is 5.06 Å². The van der Waals surface area contributed by atoms with Gasteiger partial charge in [-0.1, -0.05) is 58.4 Å². The Balaban J connectivity index is 1.46. The van der Waals surface area contributed by atoms with E-state index in [1.165, 1.54) is 30.3 Å². The molecule has 0 spiro atoms. The topological polar surface area (TPSA) is 400 Å². The molecule has 31 heteroatoms. The molecule has 1 saturated heterocycles. The van der Waals surface area contributed by atoms with E-state index in [4.69, 9.17) is 4.84 Å². The molecule has 1 aliphatic carbocycles. The second kappa shape index (κ2) is 24.4. The van der Waals surface area contributed by atoms with Gasteiger partial charge in [0, 0.05) is 73.3 Å². The number of rotatable bonds is 25. The summed E-state index contributed by atoms with van der Waals surface area (Å²) in [5, 5.41) is 5.67. The van der Waals surface area contributed by atoms with Crippen LogP contribution in [0.15, 0.2) is 93.4 Å². The van der Waals surface area contributed by atoms with Gasteiger partial charge in [0.15, 0.2) is 0 Å². The van der Waals surface area contributed by atoms with Crippen LogP contribution >= 0.6 is 0 Å². The normalized spacial score (nSPS) is 22.0. The summed E-state index contributed by atoms with van der Waals surface area (Å²) in [5.74, 6) is -6.25. The van der Waals surface area contributed by atoms with Crippen molar-refractivity contribution in [1.82, 2.24) is 15.7 Å². The average molecular weight is 1250 g/mol. The summed E-state index contributed by atoms with van der Waals surface area (Å²) in [4.78, 5) is 73.6. The van der Waals surface area contributed by atoms with Crippen LogP contribution in [-0.2, 0) is 90.2 Å². The molecule has 2 aromatic carbocycles. The zero-order chi connectivity index (χ0) is 61.2.